The number of carboxylic acid groups (broad SMARTS) is 1. The lowest BCUT2D eigenvalue weighted by Crippen LogP contribution is -2.08. The van der Waals surface area contributed by atoms with Gasteiger partial charge in [0.2, 0.25) is 0 Å². The van der Waals surface area contributed by atoms with Gasteiger partial charge in [0.15, 0.2) is 0 Å². The Morgan fingerprint density at radius 2 is 2.18 bits per heavy atom. The quantitative estimate of drug-likeness (QED) is 0.460. The Morgan fingerprint density at radius 1 is 1.55 bits per heavy atom. The van der Waals surface area contributed by atoms with E-state index in [-0.39, 0.29) is 19.4 Å². The molecular formula is C7H8O4. The molecule has 0 amide bonds. The van der Waals surface area contributed by atoms with Crippen LogP contribution in [0.25, 0.3) is 0 Å². The summed E-state index contributed by atoms with van der Waals surface area (Å²) in [5, 5.41) is 8.12. The van der Waals surface area contributed by atoms with Crippen molar-refractivity contribution in [3.05, 3.63) is 0 Å². The number of terminal acetylenes is 1. The molecule has 0 aliphatic rings. The molecule has 0 aliphatic heterocycles. The van der Waals surface area contributed by atoms with Crippen molar-refractivity contribution in [3.8, 4) is 12.3 Å². The van der Waals surface area contributed by atoms with Gasteiger partial charge < -0.3 is 9.84 Å². The molecule has 0 spiro atoms. The van der Waals surface area contributed by atoms with E-state index in [0.717, 1.165) is 0 Å². The average Bonchev–Trinajstić information content (AvgIpc) is 1.87. The molecule has 0 atom stereocenters. The summed E-state index contributed by atoms with van der Waals surface area (Å²) in [5.74, 6) is 0.521. The van der Waals surface area contributed by atoms with E-state index in [9.17, 15) is 9.59 Å². The van der Waals surface area contributed by atoms with Gasteiger partial charge in [0.25, 0.3) is 0 Å². The van der Waals surface area contributed by atoms with E-state index >= 15 is 0 Å². The molecule has 0 aromatic carbocycles. The van der Waals surface area contributed by atoms with Crippen LogP contribution in [0.1, 0.15) is 12.8 Å². The topological polar surface area (TPSA) is 63.6 Å². The first-order chi connectivity index (χ1) is 5.16. The fourth-order valence-corrected chi connectivity index (χ4v) is 0.387. The Morgan fingerprint density at radius 3 is 2.64 bits per heavy atom. The van der Waals surface area contributed by atoms with Crippen molar-refractivity contribution in [2.75, 3.05) is 6.61 Å². The summed E-state index contributed by atoms with van der Waals surface area (Å²) in [6.45, 7) is -0.115. The lowest BCUT2D eigenvalue weighted by atomic mass is 10.4. The van der Waals surface area contributed by atoms with Gasteiger partial charge in [0.1, 0.15) is 13.0 Å². The van der Waals surface area contributed by atoms with Crippen LogP contribution < -0.4 is 0 Å². The Kier molecular flexibility index (Phi) is 4.58. The van der Waals surface area contributed by atoms with Crippen LogP contribution in [0.5, 0.6) is 0 Å². The molecule has 0 unspecified atom stereocenters. The summed E-state index contributed by atoms with van der Waals surface area (Å²) in [6, 6.07) is 0. The average molecular weight is 156 g/mol. The molecule has 0 aliphatic carbocycles. The number of carbonyl (C=O) groups excluding carboxylic acids is 1. The van der Waals surface area contributed by atoms with Gasteiger partial charge in [0.05, 0.1) is 6.42 Å². The Hall–Kier alpha value is -1.50. The summed E-state index contributed by atoms with van der Waals surface area (Å²) >= 11 is 0. The number of ether oxygens (including phenoxy) is 1. The SMILES string of the molecule is C#CCC(=O)OCCC(=O)O. The van der Waals surface area contributed by atoms with Gasteiger partial charge in [-0.1, -0.05) is 5.92 Å². The summed E-state index contributed by atoms with van der Waals surface area (Å²) in [5.41, 5.74) is 0. The van der Waals surface area contributed by atoms with Gasteiger partial charge in [-0.25, -0.2) is 0 Å². The zero-order valence-corrected chi connectivity index (χ0v) is 5.87. The molecule has 4 heteroatoms. The van der Waals surface area contributed by atoms with E-state index in [4.69, 9.17) is 11.5 Å². The fourth-order valence-electron chi connectivity index (χ4n) is 0.387. The maximum absolute atomic E-state index is 10.5. The Balaban J connectivity index is 3.33. The standard InChI is InChI=1S/C7H8O4/c1-2-3-7(10)11-5-4-6(8)9/h1H,3-5H2,(H,8,9). The third-order valence-electron chi connectivity index (χ3n) is 0.825. The smallest absolute Gasteiger partial charge is 0.317 e. The minimum Gasteiger partial charge on any atom is -0.481 e. The molecule has 4 nitrogen and oxygen atoms in total. The molecule has 0 heterocycles. The monoisotopic (exact) mass is 156 g/mol. The predicted octanol–water partition coefficient (Wildman–Crippen LogP) is 0.0276. The van der Waals surface area contributed by atoms with E-state index in [2.05, 4.69) is 10.7 Å². The van der Waals surface area contributed by atoms with E-state index in [1.54, 1.807) is 0 Å². The summed E-state index contributed by atoms with van der Waals surface area (Å²) in [7, 11) is 0. The Labute approximate surface area is 64.2 Å². The molecule has 0 bridgehead atoms. The minimum atomic E-state index is -1.00. The van der Waals surface area contributed by atoms with E-state index in [1.165, 1.54) is 0 Å². The van der Waals surface area contributed by atoms with Gasteiger partial charge in [-0.15, -0.1) is 6.42 Å². The van der Waals surface area contributed by atoms with Gasteiger partial charge in [-0.2, -0.15) is 0 Å². The first-order valence-corrected chi connectivity index (χ1v) is 2.97. The highest BCUT2D eigenvalue weighted by molar-refractivity contribution is 5.73. The summed E-state index contributed by atoms with van der Waals surface area (Å²) < 4.78 is 4.43. The lowest BCUT2D eigenvalue weighted by Gasteiger charge is -1.98. The van der Waals surface area contributed by atoms with Crippen LogP contribution in [0.2, 0.25) is 0 Å². The van der Waals surface area contributed by atoms with E-state index < -0.39 is 11.9 Å². The van der Waals surface area contributed by atoms with Gasteiger partial charge >= 0.3 is 11.9 Å². The largest absolute Gasteiger partial charge is 0.481 e. The predicted molar refractivity (Wildman–Crippen MR) is 36.7 cm³/mol. The van der Waals surface area contributed by atoms with Crippen LogP contribution >= 0.6 is 0 Å². The zero-order valence-electron chi connectivity index (χ0n) is 5.87. The van der Waals surface area contributed by atoms with Crippen LogP contribution in [-0.2, 0) is 14.3 Å². The van der Waals surface area contributed by atoms with Crippen molar-refractivity contribution >= 4 is 11.9 Å². The van der Waals surface area contributed by atoms with Crippen LogP contribution in [0, 0.1) is 12.3 Å². The molecule has 0 fully saturated rings. The van der Waals surface area contributed by atoms with Gasteiger partial charge in [-0.3, -0.25) is 9.59 Å². The normalized spacial score (nSPS) is 8.27. The number of esters is 1. The molecule has 60 valence electrons. The van der Waals surface area contributed by atoms with E-state index in [1.807, 2.05) is 0 Å². The molecule has 0 aromatic heterocycles. The highest BCUT2D eigenvalue weighted by Crippen LogP contribution is 1.87. The number of aliphatic carboxylic acids is 1. The summed E-state index contributed by atoms with van der Waals surface area (Å²) in [6.07, 6.45) is 4.50. The second kappa shape index (κ2) is 5.30. The maximum Gasteiger partial charge on any atom is 0.317 e. The van der Waals surface area contributed by atoms with E-state index in [0.29, 0.717) is 0 Å². The molecule has 0 saturated heterocycles. The van der Waals surface area contributed by atoms with Crippen LogP contribution in [0.4, 0.5) is 0 Å². The minimum absolute atomic E-state index is 0.111. The third-order valence-corrected chi connectivity index (χ3v) is 0.825. The molecule has 1 N–H and O–H groups in total. The molecule has 0 aromatic rings. The second-order valence-corrected chi connectivity index (χ2v) is 1.75. The Bertz CT molecular complexity index is 189. The van der Waals surface area contributed by atoms with Crippen molar-refractivity contribution in [2.45, 2.75) is 12.8 Å². The molecule has 0 rings (SSSR count). The van der Waals surface area contributed by atoms with Crippen molar-refractivity contribution < 1.29 is 19.4 Å². The van der Waals surface area contributed by atoms with Crippen LogP contribution in [0.15, 0.2) is 0 Å². The maximum atomic E-state index is 10.5. The van der Waals surface area contributed by atoms with Crippen molar-refractivity contribution in [1.82, 2.24) is 0 Å². The fraction of sp³-hybridized carbons (Fsp3) is 0.429. The third kappa shape index (κ3) is 6.38. The zero-order chi connectivity index (χ0) is 8.69. The second-order valence-electron chi connectivity index (χ2n) is 1.75. The first kappa shape index (κ1) is 9.50. The number of hydrogen-bond donors (Lipinski definition) is 1. The highest BCUT2D eigenvalue weighted by atomic mass is 16.5. The lowest BCUT2D eigenvalue weighted by molar-refractivity contribution is -0.145. The molecule has 0 radical (unpaired) electrons. The van der Waals surface area contributed by atoms with Gasteiger partial charge in [-0.05, 0) is 0 Å². The number of carboxylic acids is 1. The van der Waals surface area contributed by atoms with Gasteiger partial charge in [0, 0.05) is 0 Å². The van der Waals surface area contributed by atoms with Crippen molar-refractivity contribution in [1.29, 1.82) is 0 Å². The molecular weight excluding hydrogens is 148 g/mol. The van der Waals surface area contributed by atoms with Crippen molar-refractivity contribution in [2.24, 2.45) is 0 Å². The molecule has 11 heavy (non-hydrogen) atoms. The van der Waals surface area contributed by atoms with Crippen molar-refractivity contribution in [3.63, 3.8) is 0 Å². The van der Waals surface area contributed by atoms with Crippen LogP contribution in [0.3, 0.4) is 0 Å². The summed E-state index contributed by atoms with van der Waals surface area (Å²) in [4.78, 5) is 20.4. The molecule has 0 saturated carbocycles. The van der Waals surface area contributed by atoms with Crippen LogP contribution in [-0.4, -0.2) is 23.7 Å². The number of rotatable bonds is 4. The number of carbonyl (C=O) groups is 2. The first-order valence-electron chi connectivity index (χ1n) is 2.97. The number of hydrogen-bond acceptors (Lipinski definition) is 3. The highest BCUT2D eigenvalue weighted by Gasteiger charge is 2.01.